The average Bonchev–Trinajstić information content (AvgIpc) is 3.25. The number of hydrogen-bond acceptors (Lipinski definition) is 2. The van der Waals surface area contributed by atoms with E-state index in [4.69, 9.17) is 11.6 Å². The summed E-state index contributed by atoms with van der Waals surface area (Å²) < 4.78 is 1.84. The summed E-state index contributed by atoms with van der Waals surface area (Å²) in [6.45, 7) is 0. The zero-order valence-corrected chi connectivity index (χ0v) is 13.3. The van der Waals surface area contributed by atoms with Crippen LogP contribution in [0.2, 0.25) is 5.02 Å². The molecule has 0 saturated carbocycles. The van der Waals surface area contributed by atoms with Crippen LogP contribution in [0.25, 0.3) is 16.8 Å². The molecule has 2 N–H and O–H groups in total. The van der Waals surface area contributed by atoms with Crippen molar-refractivity contribution in [3.05, 3.63) is 78.0 Å². The van der Waals surface area contributed by atoms with Gasteiger partial charge in [-0.25, -0.2) is 4.98 Å². The Bertz CT molecular complexity index is 1020. The number of aromatic amines is 1. The summed E-state index contributed by atoms with van der Waals surface area (Å²) in [4.78, 5) is 19.8. The van der Waals surface area contributed by atoms with Gasteiger partial charge in [-0.1, -0.05) is 23.7 Å². The average molecular weight is 337 g/mol. The number of carbonyl (C=O) groups excluding carboxylic acids is 1. The molecule has 24 heavy (non-hydrogen) atoms. The minimum atomic E-state index is -0.296. The first-order chi connectivity index (χ1) is 11.7. The molecule has 0 spiro atoms. The third kappa shape index (κ3) is 2.66. The van der Waals surface area contributed by atoms with E-state index < -0.39 is 0 Å². The number of amides is 1. The van der Waals surface area contributed by atoms with Gasteiger partial charge in [-0.05, 0) is 35.9 Å². The number of para-hydroxylation sites is 1. The number of fused-ring (bicyclic) bond motifs is 1. The second kappa shape index (κ2) is 5.86. The Labute approximate surface area is 142 Å². The minimum Gasteiger partial charge on any atom is -0.367 e. The number of hydrogen-bond donors (Lipinski definition) is 2. The van der Waals surface area contributed by atoms with E-state index in [0.29, 0.717) is 22.1 Å². The summed E-state index contributed by atoms with van der Waals surface area (Å²) in [5.74, 6) is -0.296. The summed E-state index contributed by atoms with van der Waals surface area (Å²) in [6.07, 6.45) is 7.44. The van der Waals surface area contributed by atoms with Crippen molar-refractivity contribution >= 4 is 28.8 Å². The largest absolute Gasteiger partial charge is 0.367 e. The molecule has 0 saturated heterocycles. The van der Waals surface area contributed by atoms with Crippen molar-refractivity contribution in [2.45, 2.75) is 0 Å². The van der Waals surface area contributed by atoms with E-state index in [2.05, 4.69) is 15.3 Å². The van der Waals surface area contributed by atoms with Crippen molar-refractivity contribution in [3.8, 4) is 11.1 Å². The zero-order chi connectivity index (χ0) is 16.5. The maximum Gasteiger partial charge on any atom is 0.275 e. The molecule has 0 radical (unpaired) electrons. The number of rotatable bonds is 3. The fraction of sp³-hybridized carbons (Fsp3) is 0. The lowest BCUT2D eigenvalue weighted by Gasteiger charge is -2.04. The van der Waals surface area contributed by atoms with Crippen LogP contribution in [-0.2, 0) is 0 Å². The van der Waals surface area contributed by atoms with E-state index in [0.717, 1.165) is 11.1 Å². The van der Waals surface area contributed by atoms with Crippen LogP contribution in [-0.4, -0.2) is 20.3 Å². The number of benzene rings is 1. The van der Waals surface area contributed by atoms with Crippen molar-refractivity contribution in [1.29, 1.82) is 0 Å². The SMILES string of the molecule is O=C(Nc1ccccc1Cl)c1cn2cc(-c3cc[nH]c3)ccc2n1. The molecule has 0 fully saturated rings. The van der Waals surface area contributed by atoms with Gasteiger partial charge in [0.15, 0.2) is 0 Å². The molecular formula is C18H13ClN4O. The molecule has 0 atom stereocenters. The molecule has 0 unspecified atom stereocenters. The Morgan fingerprint density at radius 1 is 1.08 bits per heavy atom. The van der Waals surface area contributed by atoms with Gasteiger partial charge in [0.2, 0.25) is 0 Å². The molecule has 1 aromatic carbocycles. The Morgan fingerprint density at radius 2 is 1.96 bits per heavy atom. The Kier molecular flexibility index (Phi) is 3.55. The van der Waals surface area contributed by atoms with E-state index in [9.17, 15) is 4.79 Å². The van der Waals surface area contributed by atoms with Gasteiger partial charge in [0.1, 0.15) is 11.3 Å². The van der Waals surface area contributed by atoms with Gasteiger partial charge in [-0.15, -0.1) is 0 Å². The zero-order valence-electron chi connectivity index (χ0n) is 12.5. The first kappa shape index (κ1) is 14.5. The van der Waals surface area contributed by atoms with Gasteiger partial charge in [0.25, 0.3) is 5.91 Å². The number of nitrogens with zero attached hydrogens (tertiary/aromatic N) is 2. The molecular weight excluding hydrogens is 324 g/mol. The molecule has 3 aromatic heterocycles. The van der Waals surface area contributed by atoms with E-state index in [1.807, 2.05) is 53.3 Å². The first-order valence-corrected chi connectivity index (χ1v) is 7.76. The van der Waals surface area contributed by atoms with Crippen LogP contribution in [0.1, 0.15) is 10.5 Å². The van der Waals surface area contributed by atoms with Crippen LogP contribution in [0.5, 0.6) is 0 Å². The van der Waals surface area contributed by atoms with Crippen molar-refractivity contribution in [2.75, 3.05) is 5.32 Å². The molecule has 0 aliphatic rings. The molecule has 1 amide bonds. The minimum absolute atomic E-state index is 0.296. The maximum absolute atomic E-state index is 12.4. The second-order valence-corrected chi connectivity index (χ2v) is 5.75. The lowest BCUT2D eigenvalue weighted by atomic mass is 10.1. The fourth-order valence-electron chi connectivity index (χ4n) is 2.52. The highest BCUT2D eigenvalue weighted by Gasteiger charge is 2.13. The van der Waals surface area contributed by atoms with Crippen LogP contribution in [0.4, 0.5) is 5.69 Å². The predicted molar refractivity (Wildman–Crippen MR) is 94.4 cm³/mol. The Morgan fingerprint density at radius 3 is 2.75 bits per heavy atom. The van der Waals surface area contributed by atoms with Crippen molar-refractivity contribution in [3.63, 3.8) is 0 Å². The molecule has 118 valence electrons. The van der Waals surface area contributed by atoms with Crippen LogP contribution in [0.3, 0.4) is 0 Å². The number of pyridine rings is 1. The summed E-state index contributed by atoms with van der Waals surface area (Å²) in [5.41, 5.74) is 3.72. The Balaban J connectivity index is 1.65. The number of aromatic nitrogens is 3. The third-order valence-corrected chi connectivity index (χ3v) is 4.07. The number of halogens is 1. The fourth-order valence-corrected chi connectivity index (χ4v) is 2.71. The van der Waals surface area contributed by atoms with Gasteiger partial charge in [-0.3, -0.25) is 4.79 Å². The number of H-pyrrole nitrogens is 1. The van der Waals surface area contributed by atoms with Crippen molar-refractivity contribution < 1.29 is 4.79 Å². The first-order valence-electron chi connectivity index (χ1n) is 7.38. The number of anilines is 1. The molecule has 4 rings (SSSR count). The number of carbonyl (C=O) groups is 1. The van der Waals surface area contributed by atoms with Crippen LogP contribution in [0, 0.1) is 0 Å². The highest BCUT2D eigenvalue weighted by Crippen LogP contribution is 2.22. The smallest absolute Gasteiger partial charge is 0.275 e. The van der Waals surface area contributed by atoms with Crippen LogP contribution in [0.15, 0.2) is 67.3 Å². The highest BCUT2D eigenvalue weighted by atomic mass is 35.5. The summed E-state index contributed by atoms with van der Waals surface area (Å²) in [5, 5.41) is 3.27. The summed E-state index contributed by atoms with van der Waals surface area (Å²) in [7, 11) is 0. The van der Waals surface area contributed by atoms with Crippen molar-refractivity contribution in [1.82, 2.24) is 14.4 Å². The normalized spacial score (nSPS) is 10.9. The quantitative estimate of drug-likeness (QED) is 0.588. The lowest BCUT2D eigenvalue weighted by Crippen LogP contribution is -2.12. The second-order valence-electron chi connectivity index (χ2n) is 5.34. The molecule has 3 heterocycles. The molecule has 4 aromatic rings. The monoisotopic (exact) mass is 336 g/mol. The van der Waals surface area contributed by atoms with E-state index in [-0.39, 0.29) is 5.91 Å². The standard InChI is InChI=1S/C18H13ClN4O/c19-14-3-1-2-4-15(14)22-18(24)16-11-23-10-13(5-6-17(23)21-16)12-7-8-20-9-12/h1-11,20H,(H,22,24). The maximum atomic E-state index is 12.4. The van der Waals surface area contributed by atoms with Gasteiger partial charge in [0, 0.05) is 30.4 Å². The Hall–Kier alpha value is -3.05. The molecule has 0 bridgehead atoms. The van der Waals surface area contributed by atoms with Gasteiger partial charge in [0.05, 0.1) is 10.7 Å². The number of nitrogens with one attached hydrogen (secondary N) is 2. The highest BCUT2D eigenvalue weighted by molar-refractivity contribution is 6.33. The van der Waals surface area contributed by atoms with Gasteiger partial charge < -0.3 is 14.7 Å². The lowest BCUT2D eigenvalue weighted by molar-refractivity contribution is 0.102. The van der Waals surface area contributed by atoms with Gasteiger partial charge >= 0.3 is 0 Å². The molecule has 0 aliphatic carbocycles. The summed E-state index contributed by atoms with van der Waals surface area (Å²) >= 11 is 6.07. The van der Waals surface area contributed by atoms with E-state index >= 15 is 0 Å². The number of imidazole rings is 1. The molecule has 5 nitrogen and oxygen atoms in total. The third-order valence-electron chi connectivity index (χ3n) is 3.74. The summed E-state index contributed by atoms with van der Waals surface area (Å²) in [6, 6.07) is 12.9. The van der Waals surface area contributed by atoms with Gasteiger partial charge in [-0.2, -0.15) is 0 Å². The van der Waals surface area contributed by atoms with E-state index in [1.54, 1.807) is 18.3 Å². The predicted octanol–water partition coefficient (Wildman–Crippen LogP) is 4.24. The van der Waals surface area contributed by atoms with Crippen LogP contribution >= 0.6 is 11.6 Å². The molecule has 0 aliphatic heterocycles. The van der Waals surface area contributed by atoms with E-state index in [1.165, 1.54) is 0 Å². The van der Waals surface area contributed by atoms with Crippen molar-refractivity contribution in [2.24, 2.45) is 0 Å². The molecule has 6 heteroatoms. The topological polar surface area (TPSA) is 62.2 Å². The van der Waals surface area contributed by atoms with Crippen LogP contribution < -0.4 is 5.32 Å².